The van der Waals surface area contributed by atoms with Gasteiger partial charge in [0.25, 0.3) is 0 Å². The number of halogens is 5. The summed E-state index contributed by atoms with van der Waals surface area (Å²) in [5, 5.41) is -0.0498. The molecule has 0 aliphatic rings. The number of allylic oxidation sites excluding steroid dienone is 1. The third-order valence-corrected chi connectivity index (χ3v) is 2.04. The Morgan fingerprint density at radius 1 is 1.40 bits per heavy atom. The van der Waals surface area contributed by atoms with Gasteiger partial charge in [-0.25, -0.2) is 0 Å². The van der Waals surface area contributed by atoms with Crippen LogP contribution in [0.25, 0.3) is 6.08 Å². The Labute approximate surface area is 94.5 Å². The Kier molecular flexibility index (Phi) is 3.99. The third kappa shape index (κ3) is 3.39. The second kappa shape index (κ2) is 4.86. The average molecular weight is 256 g/mol. The Hall–Kier alpha value is -0.740. The maximum Gasteiger partial charge on any atom is 0.417 e. The molecule has 6 heteroatoms. The lowest BCUT2D eigenvalue weighted by molar-refractivity contribution is -0.137. The predicted octanol–water partition coefficient (Wildman–Crippen LogP) is 4.01. The maximum absolute atomic E-state index is 12.2. The zero-order chi connectivity index (χ0) is 11.5. The van der Waals surface area contributed by atoms with Crippen LogP contribution in [0.2, 0.25) is 5.02 Å². The van der Waals surface area contributed by atoms with E-state index in [-0.39, 0.29) is 16.6 Å². The molecule has 0 saturated carbocycles. The van der Waals surface area contributed by atoms with Crippen molar-refractivity contribution < 1.29 is 13.2 Å². The standard InChI is InChI=1S/C9H6Cl2F3N/c10-3-1-2-8-7(11)4-6(5-15-8)9(12,13)14/h1-2,4-5H,3H2. The van der Waals surface area contributed by atoms with Gasteiger partial charge >= 0.3 is 6.18 Å². The van der Waals surface area contributed by atoms with Crippen molar-refractivity contribution in [3.63, 3.8) is 0 Å². The van der Waals surface area contributed by atoms with Gasteiger partial charge in [0, 0.05) is 12.1 Å². The first-order valence-corrected chi connectivity index (χ1v) is 4.81. The minimum Gasteiger partial charge on any atom is -0.255 e. The fourth-order valence-corrected chi connectivity index (χ4v) is 1.20. The molecule has 1 nitrogen and oxygen atoms in total. The predicted molar refractivity (Wildman–Crippen MR) is 54.0 cm³/mol. The topological polar surface area (TPSA) is 12.9 Å². The van der Waals surface area contributed by atoms with E-state index in [9.17, 15) is 13.2 Å². The molecule has 0 fully saturated rings. The lowest BCUT2D eigenvalue weighted by atomic mass is 10.2. The first-order chi connectivity index (χ1) is 6.95. The fraction of sp³-hybridized carbons (Fsp3) is 0.222. The second-order valence-electron chi connectivity index (χ2n) is 2.65. The van der Waals surface area contributed by atoms with E-state index >= 15 is 0 Å². The molecule has 0 aromatic carbocycles. The number of aromatic nitrogens is 1. The van der Waals surface area contributed by atoms with E-state index in [1.165, 1.54) is 6.08 Å². The number of rotatable bonds is 2. The average Bonchev–Trinajstić information content (AvgIpc) is 2.14. The van der Waals surface area contributed by atoms with E-state index in [1.54, 1.807) is 6.08 Å². The molecule has 0 aliphatic carbocycles. The Bertz CT molecular complexity index is 374. The van der Waals surface area contributed by atoms with Gasteiger partial charge in [-0.2, -0.15) is 13.2 Å². The van der Waals surface area contributed by atoms with E-state index < -0.39 is 11.7 Å². The second-order valence-corrected chi connectivity index (χ2v) is 3.36. The Morgan fingerprint density at radius 3 is 2.53 bits per heavy atom. The lowest BCUT2D eigenvalue weighted by Crippen LogP contribution is -2.05. The van der Waals surface area contributed by atoms with Crippen molar-refractivity contribution in [2.24, 2.45) is 0 Å². The molecule has 0 radical (unpaired) electrons. The van der Waals surface area contributed by atoms with Crippen molar-refractivity contribution in [1.82, 2.24) is 4.98 Å². The SMILES string of the molecule is FC(F)(F)c1cnc(C=CCCl)c(Cl)c1. The van der Waals surface area contributed by atoms with E-state index in [0.717, 1.165) is 12.3 Å². The summed E-state index contributed by atoms with van der Waals surface area (Å²) in [5.41, 5.74) is -0.596. The van der Waals surface area contributed by atoms with Gasteiger partial charge in [0.05, 0.1) is 16.3 Å². The molecule has 0 unspecified atom stereocenters. The van der Waals surface area contributed by atoms with Crippen molar-refractivity contribution in [3.05, 3.63) is 34.6 Å². The largest absolute Gasteiger partial charge is 0.417 e. The molecule has 82 valence electrons. The summed E-state index contributed by atoms with van der Waals surface area (Å²) in [6, 6.07) is 0.836. The quantitative estimate of drug-likeness (QED) is 0.728. The molecule has 0 aliphatic heterocycles. The van der Waals surface area contributed by atoms with Crippen molar-refractivity contribution in [2.45, 2.75) is 6.18 Å². The van der Waals surface area contributed by atoms with E-state index in [0.29, 0.717) is 0 Å². The highest BCUT2D eigenvalue weighted by Crippen LogP contribution is 2.31. The maximum atomic E-state index is 12.2. The van der Waals surface area contributed by atoms with Crippen LogP contribution in [0.3, 0.4) is 0 Å². The molecule has 1 aromatic heterocycles. The van der Waals surface area contributed by atoms with E-state index in [2.05, 4.69) is 4.98 Å². The molecule has 1 heterocycles. The van der Waals surface area contributed by atoms with Crippen LogP contribution in [-0.2, 0) is 6.18 Å². The highest BCUT2D eigenvalue weighted by molar-refractivity contribution is 6.31. The van der Waals surface area contributed by atoms with Gasteiger partial charge in [0.15, 0.2) is 0 Å². The first kappa shape index (κ1) is 12.3. The monoisotopic (exact) mass is 255 g/mol. The van der Waals surface area contributed by atoms with Crippen LogP contribution in [0, 0.1) is 0 Å². The van der Waals surface area contributed by atoms with Crippen LogP contribution in [0.4, 0.5) is 13.2 Å². The molecule has 0 amide bonds. The summed E-state index contributed by atoms with van der Waals surface area (Å²) in [4.78, 5) is 3.58. The third-order valence-electron chi connectivity index (χ3n) is 1.56. The smallest absolute Gasteiger partial charge is 0.255 e. The van der Waals surface area contributed by atoms with Gasteiger partial charge < -0.3 is 0 Å². The summed E-state index contributed by atoms with van der Waals surface area (Å²) < 4.78 is 36.6. The highest BCUT2D eigenvalue weighted by Gasteiger charge is 2.31. The lowest BCUT2D eigenvalue weighted by Gasteiger charge is -2.06. The zero-order valence-electron chi connectivity index (χ0n) is 7.35. The number of nitrogens with zero attached hydrogens (tertiary/aromatic N) is 1. The minimum absolute atomic E-state index is 0.0498. The molecule has 1 aromatic rings. The van der Waals surface area contributed by atoms with Gasteiger partial charge in [-0.3, -0.25) is 4.98 Å². The molecule has 1 rings (SSSR count). The number of alkyl halides is 4. The van der Waals surface area contributed by atoms with Crippen LogP contribution in [0.15, 0.2) is 18.3 Å². The van der Waals surface area contributed by atoms with Crippen molar-refractivity contribution in [2.75, 3.05) is 5.88 Å². The van der Waals surface area contributed by atoms with Crippen LogP contribution in [0.5, 0.6) is 0 Å². The normalized spacial score (nSPS) is 12.3. The van der Waals surface area contributed by atoms with Gasteiger partial charge in [-0.15, -0.1) is 11.6 Å². The summed E-state index contributed by atoms with van der Waals surface area (Å²) >= 11 is 11.0. The van der Waals surface area contributed by atoms with Crippen LogP contribution < -0.4 is 0 Å². The van der Waals surface area contributed by atoms with Gasteiger partial charge in [-0.1, -0.05) is 17.7 Å². The van der Waals surface area contributed by atoms with Crippen LogP contribution in [-0.4, -0.2) is 10.9 Å². The zero-order valence-corrected chi connectivity index (χ0v) is 8.87. The molecule has 0 saturated heterocycles. The Balaban J connectivity index is 3.04. The van der Waals surface area contributed by atoms with Crippen LogP contribution >= 0.6 is 23.2 Å². The molecular formula is C9H6Cl2F3N. The molecule has 0 bridgehead atoms. The minimum atomic E-state index is -4.43. The van der Waals surface area contributed by atoms with Crippen molar-refractivity contribution in [1.29, 1.82) is 0 Å². The summed E-state index contributed by atoms with van der Waals surface area (Å²) in [6.45, 7) is 0. The fourth-order valence-electron chi connectivity index (χ4n) is 0.882. The summed E-state index contributed by atoms with van der Waals surface area (Å²) in [6.07, 6.45) is -0.677. The van der Waals surface area contributed by atoms with Gasteiger partial charge in [0.1, 0.15) is 0 Å². The van der Waals surface area contributed by atoms with E-state index in [1.807, 2.05) is 0 Å². The van der Waals surface area contributed by atoms with E-state index in [4.69, 9.17) is 23.2 Å². The summed E-state index contributed by atoms with van der Waals surface area (Å²) in [7, 11) is 0. The molecular weight excluding hydrogens is 250 g/mol. The molecule has 15 heavy (non-hydrogen) atoms. The number of hydrogen-bond donors (Lipinski definition) is 0. The first-order valence-electron chi connectivity index (χ1n) is 3.90. The van der Waals surface area contributed by atoms with Crippen molar-refractivity contribution in [3.8, 4) is 0 Å². The molecule has 0 spiro atoms. The molecule has 0 N–H and O–H groups in total. The Morgan fingerprint density at radius 2 is 2.07 bits per heavy atom. The van der Waals surface area contributed by atoms with Gasteiger partial charge in [-0.05, 0) is 12.1 Å². The number of pyridine rings is 1. The van der Waals surface area contributed by atoms with Crippen molar-refractivity contribution >= 4 is 29.3 Å². The highest BCUT2D eigenvalue weighted by atomic mass is 35.5. The molecule has 0 atom stereocenters. The number of hydrogen-bond acceptors (Lipinski definition) is 1. The van der Waals surface area contributed by atoms with Crippen LogP contribution in [0.1, 0.15) is 11.3 Å². The van der Waals surface area contributed by atoms with Gasteiger partial charge in [0.2, 0.25) is 0 Å². The summed E-state index contributed by atoms with van der Waals surface area (Å²) in [5.74, 6) is 0.249.